The molecule has 0 aliphatic rings. The van der Waals surface area contributed by atoms with Gasteiger partial charge < -0.3 is 9.40 Å². The molecule has 0 spiro atoms. The minimum atomic E-state index is -0.367. The van der Waals surface area contributed by atoms with Crippen molar-refractivity contribution in [3.05, 3.63) is 52.8 Å². The molecule has 0 amide bonds. The first-order chi connectivity index (χ1) is 9.22. The molecule has 3 rings (SSSR count). The minimum Gasteiger partial charge on any atom is -0.423 e. The van der Waals surface area contributed by atoms with E-state index in [0.29, 0.717) is 17.1 Å². The summed E-state index contributed by atoms with van der Waals surface area (Å²) in [7, 11) is 0. The first-order valence-corrected chi connectivity index (χ1v) is 5.68. The average molecular weight is 254 g/mol. The molecule has 0 bridgehead atoms. The summed E-state index contributed by atoms with van der Waals surface area (Å²) < 4.78 is 5.04. The molecule has 6 nitrogen and oxygen atoms in total. The number of azo groups is 1. The van der Waals surface area contributed by atoms with Crippen LogP contribution in [0.25, 0.3) is 11.0 Å². The molecule has 0 radical (unpaired) electrons. The number of aryl methyl sites for hydroxylation is 1. The van der Waals surface area contributed by atoms with Gasteiger partial charge in [0.1, 0.15) is 5.58 Å². The smallest absolute Gasteiger partial charge is 0.336 e. The number of benzene rings is 1. The van der Waals surface area contributed by atoms with Gasteiger partial charge in [-0.3, -0.25) is 0 Å². The summed E-state index contributed by atoms with van der Waals surface area (Å²) in [5.74, 6) is 0.555. The van der Waals surface area contributed by atoms with Crippen LogP contribution >= 0.6 is 0 Å². The number of fused-ring (bicyclic) bond motifs is 1. The molecule has 6 heteroatoms. The van der Waals surface area contributed by atoms with Gasteiger partial charge in [0.05, 0.1) is 17.7 Å². The van der Waals surface area contributed by atoms with Gasteiger partial charge in [0.25, 0.3) is 0 Å². The van der Waals surface area contributed by atoms with Crippen LogP contribution in [0.2, 0.25) is 0 Å². The zero-order valence-corrected chi connectivity index (χ0v) is 10.1. The number of rotatable bonds is 2. The molecule has 0 aliphatic heterocycles. The molecular formula is C13H10N4O2. The van der Waals surface area contributed by atoms with Gasteiger partial charge in [-0.1, -0.05) is 0 Å². The number of nitrogens with one attached hydrogen (secondary N) is 1. The van der Waals surface area contributed by atoms with Crippen molar-refractivity contribution >= 4 is 22.5 Å². The van der Waals surface area contributed by atoms with Crippen LogP contribution in [-0.4, -0.2) is 9.97 Å². The second-order valence-electron chi connectivity index (χ2n) is 4.03. The molecule has 2 heterocycles. The van der Waals surface area contributed by atoms with E-state index in [4.69, 9.17) is 4.42 Å². The van der Waals surface area contributed by atoms with Gasteiger partial charge in [0, 0.05) is 11.5 Å². The SMILES string of the molecule is Cc1[nH]cnc1N=Nc1ccc2oc(=O)ccc2c1. The molecule has 0 unspecified atom stereocenters. The van der Waals surface area contributed by atoms with Crippen LogP contribution in [0.3, 0.4) is 0 Å². The van der Waals surface area contributed by atoms with Crippen LogP contribution in [0.4, 0.5) is 11.5 Å². The molecule has 94 valence electrons. The summed E-state index contributed by atoms with van der Waals surface area (Å²) in [6, 6.07) is 8.30. The van der Waals surface area contributed by atoms with Gasteiger partial charge in [-0.25, -0.2) is 9.78 Å². The number of aromatic nitrogens is 2. The van der Waals surface area contributed by atoms with Crippen molar-refractivity contribution in [1.82, 2.24) is 9.97 Å². The Bertz CT molecular complexity index is 817. The zero-order valence-electron chi connectivity index (χ0n) is 10.1. The standard InChI is InChI=1S/C13H10N4O2/c1-8-13(15-7-14-8)17-16-10-3-4-11-9(6-10)2-5-12(18)19-11/h2-7H,1H3,(H,14,15). The Balaban J connectivity index is 1.98. The van der Waals surface area contributed by atoms with Gasteiger partial charge in [0.2, 0.25) is 0 Å². The van der Waals surface area contributed by atoms with E-state index in [0.717, 1.165) is 11.1 Å². The largest absolute Gasteiger partial charge is 0.423 e. The van der Waals surface area contributed by atoms with Gasteiger partial charge in [0.15, 0.2) is 5.82 Å². The summed E-state index contributed by atoms with van der Waals surface area (Å²) in [6.07, 6.45) is 1.57. The third-order valence-electron chi connectivity index (χ3n) is 2.67. The maximum atomic E-state index is 11.1. The fourth-order valence-corrected chi connectivity index (χ4v) is 1.68. The van der Waals surface area contributed by atoms with Gasteiger partial charge in [-0.05, 0) is 31.2 Å². The second-order valence-corrected chi connectivity index (χ2v) is 4.03. The molecule has 0 fully saturated rings. The number of H-pyrrole nitrogens is 1. The molecule has 0 saturated carbocycles. The number of nitrogens with zero attached hydrogens (tertiary/aromatic N) is 3. The molecule has 0 atom stereocenters. The molecule has 0 saturated heterocycles. The fraction of sp³-hybridized carbons (Fsp3) is 0.0769. The monoisotopic (exact) mass is 254 g/mol. The Hall–Kier alpha value is -2.76. The van der Waals surface area contributed by atoms with Crippen molar-refractivity contribution < 1.29 is 4.42 Å². The van der Waals surface area contributed by atoms with E-state index in [2.05, 4.69) is 20.2 Å². The lowest BCUT2D eigenvalue weighted by atomic mass is 10.2. The van der Waals surface area contributed by atoms with Gasteiger partial charge >= 0.3 is 5.63 Å². The van der Waals surface area contributed by atoms with Gasteiger partial charge in [-0.2, -0.15) is 0 Å². The lowest BCUT2D eigenvalue weighted by Crippen LogP contribution is -1.93. The van der Waals surface area contributed by atoms with Crippen LogP contribution < -0.4 is 5.63 Å². The van der Waals surface area contributed by atoms with Crippen molar-refractivity contribution in [1.29, 1.82) is 0 Å². The highest BCUT2D eigenvalue weighted by Crippen LogP contribution is 2.22. The average Bonchev–Trinajstić information content (AvgIpc) is 2.82. The van der Waals surface area contributed by atoms with E-state index >= 15 is 0 Å². The van der Waals surface area contributed by atoms with Crippen molar-refractivity contribution in [2.75, 3.05) is 0 Å². The first-order valence-electron chi connectivity index (χ1n) is 5.68. The number of hydrogen-bond donors (Lipinski definition) is 1. The first kappa shape index (κ1) is 11.3. The molecule has 19 heavy (non-hydrogen) atoms. The fourth-order valence-electron chi connectivity index (χ4n) is 1.68. The van der Waals surface area contributed by atoms with Crippen LogP contribution in [0, 0.1) is 6.92 Å². The van der Waals surface area contributed by atoms with E-state index in [-0.39, 0.29) is 5.63 Å². The number of aromatic amines is 1. The Labute approximate surface area is 107 Å². The highest BCUT2D eigenvalue weighted by atomic mass is 16.4. The number of hydrogen-bond acceptors (Lipinski definition) is 5. The molecular weight excluding hydrogens is 244 g/mol. The third kappa shape index (κ3) is 2.28. The van der Waals surface area contributed by atoms with Crippen LogP contribution in [0.5, 0.6) is 0 Å². The highest BCUT2D eigenvalue weighted by molar-refractivity contribution is 5.79. The van der Waals surface area contributed by atoms with Gasteiger partial charge in [-0.15, -0.1) is 10.2 Å². The van der Waals surface area contributed by atoms with E-state index in [1.54, 1.807) is 30.6 Å². The number of imidazole rings is 1. The van der Waals surface area contributed by atoms with Crippen LogP contribution in [0.1, 0.15) is 5.69 Å². The summed E-state index contributed by atoms with van der Waals surface area (Å²) in [6.45, 7) is 1.87. The Morgan fingerprint density at radius 3 is 2.89 bits per heavy atom. The predicted molar refractivity (Wildman–Crippen MR) is 70.0 cm³/mol. The molecule has 3 aromatic rings. The quantitative estimate of drug-likeness (QED) is 0.562. The Kier molecular flexibility index (Phi) is 2.68. The summed E-state index contributed by atoms with van der Waals surface area (Å²) >= 11 is 0. The summed E-state index contributed by atoms with van der Waals surface area (Å²) in [4.78, 5) is 18.0. The van der Waals surface area contributed by atoms with E-state index in [9.17, 15) is 4.79 Å². The maximum Gasteiger partial charge on any atom is 0.336 e. The van der Waals surface area contributed by atoms with Crippen molar-refractivity contribution in [2.45, 2.75) is 6.92 Å². The second kappa shape index (κ2) is 4.49. The normalized spacial score (nSPS) is 11.4. The summed E-state index contributed by atoms with van der Waals surface area (Å²) in [5, 5.41) is 8.96. The molecule has 0 aliphatic carbocycles. The third-order valence-corrected chi connectivity index (χ3v) is 2.67. The summed E-state index contributed by atoms with van der Waals surface area (Å²) in [5.41, 5.74) is 1.69. The highest BCUT2D eigenvalue weighted by Gasteiger charge is 2.00. The van der Waals surface area contributed by atoms with Crippen molar-refractivity contribution in [2.24, 2.45) is 10.2 Å². The van der Waals surface area contributed by atoms with E-state index in [1.165, 1.54) is 6.07 Å². The Morgan fingerprint density at radius 2 is 2.11 bits per heavy atom. The van der Waals surface area contributed by atoms with Crippen LogP contribution in [0.15, 0.2) is 56.1 Å². The van der Waals surface area contributed by atoms with E-state index < -0.39 is 0 Å². The zero-order chi connectivity index (χ0) is 13.2. The van der Waals surface area contributed by atoms with Crippen molar-refractivity contribution in [3.63, 3.8) is 0 Å². The lowest BCUT2D eigenvalue weighted by Gasteiger charge is -1.96. The van der Waals surface area contributed by atoms with E-state index in [1.807, 2.05) is 6.92 Å². The molecule has 2 aromatic heterocycles. The topological polar surface area (TPSA) is 83.6 Å². The Morgan fingerprint density at radius 1 is 1.21 bits per heavy atom. The lowest BCUT2D eigenvalue weighted by molar-refractivity contribution is 0.561. The minimum absolute atomic E-state index is 0.367. The molecule has 1 aromatic carbocycles. The molecule has 1 N–H and O–H groups in total. The van der Waals surface area contributed by atoms with Crippen LogP contribution in [-0.2, 0) is 0 Å². The van der Waals surface area contributed by atoms with Crippen molar-refractivity contribution in [3.8, 4) is 0 Å². The maximum absolute atomic E-state index is 11.1. The predicted octanol–water partition coefficient (Wildman–Crippen LogP) is 3.24.